The van der Waals surface area contributed by atoms with E-state index in [0.717, 1.165) is 4.88 Å². The van der Waals surface area contributed by atoms with Gasteiger partial charge in [-0.05, 0) is 31.2 Å². The quantitative estimate of drug-likeness (QED) is 0.774. The minimum Gasteiger partial charge on any atom is -0.467 e. The van der Waals surface area contributed by atoms with Crippen molar-refractivity contribution in [2.24, 2.45) is 0 Å². The van der Waals surface area contributed by atoms with Crippen LogP contribution in [0.4, 0.5) is 0 Å². The zero-order valence-electron chi connectivity index (χ0n) is 8.06. The lowest BCUT2D eigenvalue weighted by Crippen LogP contribution is -2.18. The highest BCUT2D eigenvalue weighted by Gasteiger charge is 2.10. The second-order valence-corrected chi connectivity index (χ2v) is 4.10. The first-order valence-electron chi connectivity index (χ1n) is 4.14. The van der Waals surface area contributed by atoms with Crippen molar-refractivity contribution >= 4 is 23.4 Å². The summed E-state index contributed by atoms with van der Waals surface area (Å²) in [7, 11) is 1.24. The number of hydrogen-bond donors (Lipinski definition) is 1. The number of aliphatic hydroxyl groups is 1. The monoisotopic (exact) mass is 212 g/mol. The van der Waals surface area contributed by atoms with Gasteiger partial charge in [0.15, 0.2) is 6.10 Å². The summed E-state index contributed by atoms with van der Waals surface area (Å²) in [5.74, 6) is -0.644. The molecule has 0 saturated heterocycles. The third kappa shape index (κ3) is 2.97. The number of esters is 1. The smallest absolute Gasteiger partial charge is 0.338 e. The molecule has 76 valence electrons. The first kappa shape index (κ1) is 10.9. The number of aryl methyl sites for hydroxylation is 1. The molecule has 0 saturated carbocycles. The van der Waals surface area contributed by atoms with Gasteiger partial charge in [0.1, 0.15) is 0 Å². The van der Waals surface area contributed by atoms with E-state index in [9.17, 15) is 9.90 Å². The van der Waals surface area contributed by atoms with Gasteiger partial charge in [-0.3, -0.25) is 0 Å². The van der Waals surface area contributed by atoms with Crippen LogP contribution >= 0.6 is 11.3 Å². The van der Waals surface area contributed by atoms with Crippen LogP contribution in [0.1, 0.15) is 9.75 Å². The molecule has 1 heterocycles. The van der Waals surface area contributed by atoms with E-state index in [4.69, 9.17) is 0 Å². The Morgan fingerprint density at radius 2 is 2.36 bits per heavy atom. The third-order valence-electron chi connectivity index (χ3n) is 1.65. The van der Waals surface area contributed by atoms with Crippen molar-refractivity contribution in [1.29, 1.82) is 0 Å². The molecular formula is C10H12O3S. The zero-order chi connectivity index (χ0) is 10.6. The summed E-state index contributed by atoms with van der Waals surface area (Å²) < 4.78 is 4.37. The molecule has 0 spiro atoms. The van der Waals surface area contributed by atoms with Crippen molar-refractivity contribution < 1.29 is 14.6 Å². The van der Waals surface area contributed by atoms with Gasteiger partial charge in [-0.25, -0.2) is 4.79 Å². The molecule has 0 bridgehead atoms. The fourth-order valence-electron chi connectivity index (χ4n) is 0.928. The predicted octanol–water partition coefficient (Wildman–Crippen LogP) is 1.60. The summed E-state index contributed by atoms with van der Waals surface area (Å²) in [6.45, 7) is 2.00. The Morgan fingerprint density at radius 1 is 1.64 bits per heavy atom. The number of ether oxygens (including phenoxy) is 1. The third-order valence-corrected chi connectivity index (χ3v) is 2.61. The number of thiophene rings is 1. The summed E-state index contributed by atoms with van der Waals surface area (Å²) in [5.41, 5.74) is 0. The molecule has 0 aromatic carbocycles. The van der Waals surface area contributed by atoms with Crippen LogP contribution in [0.2, 0.25) is 0 Å². The number of carbonyl (C=O) groups excluding carboxylic acids is 1. The molecule has 1 N–H and O–H groups in total. The summed E-state index contributed by atoms with van der Waals surface area (Å²) in [5, 5.41) is 9.23. The highest BCUT2D eigenvalue weighted by atomic mass is 32.1. The van der Waals surface area contributed by atoms with Crippen LogP contribution in [-0.2, 0) is 9.53 Å². The lowest BCUT2D eigenvalue weighted by atomic mass is 10.3. The molecule has 0 aliphatic rings. The summed E-state index contributed by atoms with van der Waals surface area (Å²) in [4.78, 5) is 13.0. The van der Waals surface area contributed by atoms with Gasteiger partial charge in [0.2, 0.25) is 0 Å². The Kier molecular flexibility index (Phi) is 3.85. The Labute approximate surface area is 86.6 Å². The van der Waals surface area contributed by atoms with Crippen molar-refractivity contribution in [1.82, 2.24) is 0 Å². The molecule has 1 aromatic heterocycles. The predicted molar refractivity (Wildman–Crippen MR) is 56.1 cm³/mol. The van der Waals surface area contributed by atoms with Crippen LogP contribution in [0, 0.1) is 6.92 Å². The summed E-state index contributed by atoms with van der Waals surface area (Å²) in [6.07, 6.45) is 1.94. The Balaban J connectivity index is 2.59. The number of hydrogen-bond acceptors (Lipinski definition) is 4. The largest absolute Gasteiger partial charge is 0.467 e. The summed E-state index contributed by atoms with van der Waals surface area (Å²) in [6, 6.07) is 3.91. The van der Waals surface area contributed by atoms with Crippen LogP contribution < -0.4 is 0 Å². The molecule has 0 amide bonds. The number of methoxy groups -OCH3 is 1. The Hall–Kier alpha value is -1.13. The molecule has 1 atom stereocenters. The average Bonchev–Trinajstić information content (AvgIpc) is 2.59. The molecule has 14 heavy (non-hydrogen) atoms. The van der Waals surface area contributed by atoms with Crippen molar-refractivity contribution in [3.8, 4) is 0 Å². The van der Waals surface area contributed by atoms with Crippen LogP contribution in [-0.4, -0.2) is 24.3 Å². The molecule has 0 radical (unpaired) electrons. The van der Waals surface area contributed by atoms with Gasteiger partial charge in [-0.1, -0.05) is 0 Å². The fraction of sp³-hybridized carbons (Fsp3) is 0.300. The van der Waals surface area contributed by atoms with Crippen molar-refractivity contribution in [2.45, 2.75) is 13.0 Å². The number of carbonyl (C=O) groups is 1. The molecule has 1 rings (SSSR count). The van der Waals surface area contributed by atoms with E-state index in [0.29, 0.717) is 0 Å². The Morgan fingerprint density at radius 3 is 2.86 bits per heavy atom. The van der Waals surface area contributed by atoms with Gasteiger partial charge in [0.05, 0.1) is 7.11 Å². The molecule has 0 aliphatic heterocycles. The maximum atomic E-state index is 10.8. The van der Waals surface area contributed by atoms with Crippen LogP contribution in [0.5, 0.6) is 0 Å². The zero-order valence-corrected chi connectivity index (χ0v) is 8.88. The topological polar surface area (TPSA) is 46.5 Å². The molecule has 0 aliphatic carbocycles. The fourth-order valence-corrected chi connectivity index (χ4v) is 1.72. The molecule has 0 unspecified atom stereocenters. The van der Waals surface area contributed by atoms with E-state index in [-0.39, 0.29) is 0 Å². The van der Waals surface area contributed by atoms with Gasteiger partial charge in [0, 0.05) is 9.75 Å². The second kappa shape index (κ2) is 4.93. The maximum absolute atomic E-state index is 10.8. The van der Waals surface area contributed by atoms with Crippen LogP contribution in [0.3, 0.4) is 0 Å². The van der Waals surface area contributed by atoms with Crippen molar-refractivity contribution in [2.75, 3.05) is 7.11 Å². The molecule has 0 fully saturated rings. The first-order valence-corrected chi connectivity index (χ1v) is 4.95. The maximum Gasteiger partial charge on any atom is 0.338 e. The highest BCUT2D eigenvalue weighted by Crippen LogP contribution is 2.16. The lowest BCUT2D eigenvalue weighted by molar-refractivity contribution is -0.147. The van der Waals surface area contributed by atoms with E-state index >= 15 is 0 Å². The van der Waals surface area contributed by atoms with Crippen molar-refractivity contribution in [3.05, 3.63) is 28.0 Å². The van der Waals surface area contributed by atoms with Crippen LogP contribution in [0.15, 0.2) is 18.2 Å². The van der Waals surface area contributed by atoms with E-state index < -0.39 is 12.1 Å². The SMILES string of the molecule is COC(=O)[C@@H](O)/C=C/c1ccc(C)s1. The molecule has 1 aromatic rings. The number of aliphatic hydroxyl groups excluding tert-OH is 1. The van der Waals surface area contributed by atoms with Gasteiger partial charge in [-0.15, -0.1) is 11.3 Å². The standard InChI is InChI=1S/C10H12O3S/c1-7-3-4-8(14-7)5-6-9(11)10(12)13-2/h3-6,9,11H,1-2H3/b6-5+/t9-/m0/s1. The minimum atomic E-state index is -1.18. The average molecular weight is 212 g/mol. The minimum absolute atomic E-state index is 0.644. The first-order chi connectivity index (χ1) is 6.63. The van der Waals surface area contributed by atoms with E-state index in [1.54, 1.807) is 17.4 Å². The molecular weight excluding hydrogens is 200 g/mol. The lowest BCUT2D eigenvalue weighted by Gasteiger charge is -2.00. The van der Waals surface area contributed by atoms with Gasteiger partial charge < -0.3 is 9.84 Å². The summed E-state index contributed by atoms with van der Waals surface area (Å²) >= 11 is 1.60. The van der Waals surface area contributed by atoms with E-state index in [1.807, 2.05) is 19.1 Å². The number of rotatable bonds is 3. The Bertz CT molecular complexity index is 341. The van der Waals surface area contributed by atoms with Crippen molar-refractivity contribution in [3.63, 3.8) is 0 Å². The highest BCUT2D eigenvalue weighted by molar-refractivity contribution is 7.12. The normalized spacial score (nSPS) is 13.1. The van der Waals surface area contributed by atoms with Gasteiger partial charge >= 0.3 is 5.97 Å². The van der Waals surface area contributed by atoms with E-state index in [1.165, 1.54) is 18.1 Å². The van der Waals surface area contributed by atoms with Gasteiger partial charge in [-0.2, -0.15) is 0 Å². The van der Waals surface area contributed by atoms with Crippen LogP contribution in [0.25, 0.3) is 6.08 Å². The molecule has 4 heteroatoms. The van der Waals surface area contributed by atoms with E-state index in [2.05, 4.69) is 4.74 Å². The second-order valence-electron chi connectivity index (χ2n) is 2.78. The van der Waals surface area contributed by atoms with Gasteiger partial charge in [0.25, 0.3) is 0 Å². The molecule has 3 nitrogen and oxygen atoms in total.